The van der Waals surface area contributed by atoms with Crippen LogP contribution in [0.1, 0.15) is 54.6 Å². The van der Waals surface area contributed by atoms with Crippen LogP contribution in [0.15, 0.2) is 78.9 Å². The molecular weight excluding hydrogens is 446 g/mol. The molecule has 0 aliphatic carbocycles. The van der Waals surface area contributed by atoms with Crippen LogP contribution in [0.3, 0.4) is 0 Å². The lowest BCUT2D eigenvalue weighted by molar-refractivity contribution is 0.0941. The predicted octanol–water partition coefficient (Wildman–Crippen LogP) is 6.03. The van der Waals surface area contributed by atoms with Crippen molar-refractivity contribution in [2.75, 3.05) is 5.73 Å². The first-order valence-corrected chi connectivity index (χ1v) is 12.4. The number of hydrogen-bond acceptors (Lipinski definition) is 4. The number of aryl methyl sites for hydroxylation is 1. The molecule has 3 N–H and O–H groups in total. The van der Waals surface area contributed by atoms with Crippen LogP contribution in [0.4, 0.5) is 5.82 Å². The molecule has 0 aliphatic rings. The molecule has 6 heteroatoms. The van der Waals surface area contributed by atoms with E-state index in [1.807, 2.05) is 66.1 Å². The normalized spacial score (nSPS) is 12.3. The number of para-hydroxylation sites is 2. The molecule has 1 amide bonds. The molecule has 36 heavy (non-hydrogen) atoms. The van der Waals surface area contributed by atoms with E-state index < -0.39 is 0 Å². The third-order valence-corrected chi connectivity index (χ3v) is 6.63. The van der Waals surface area contributed by atoms with Gasteiger partial charge < -0.3 is 11.1 Å². The number of nitrogen functional groups attached to an aromatic ring is 1. The highest BCUT2D eigenvalue weighted by Gasteiger charge is 2.25. The lowest BCUT2D eigenvalue weighted by Crippen LogP contribution is -2.33. The van der Waals surface area contributed by atoms with Gasteiger partial charge in [0, 0.05) is 11.7 Å². The second-order valence-corrected chi connectivity index (χ2v) is 9.63. The van der Waals surface area contributed by atoms with E-state index in [1.54, 1.807) is 0 Å². The number of anilines is 1. The summed E-state index contributed by atoms with van der Waals surface area (Å²) in [6.45, 7) is 6.34. The Kier molecular flexibility index (Phi) is 6.42. The summed E-state index contributed by atoms with van der Waals surface area (Å²) in [6.07, 6.45) is 1.70. The van der Waals surface area contributed by atoms with E-state index in [4.69, 9.17) is 15.7 Å². The SMILES string of the molecule is CC(C)c1ccc(-n2c(N)c(C(=O)N[C@@H](C)CCc3ccccc3)c3nc4ccccc4nc32)cc1. The molecule has 0 radical (unpaired) electrons. The van der Waals surface area contributed by atoms with Crippen molar-refractivity contribution in [3.05, 3.63) is 95.6 Å². The third-order valence-electron chi connectivity index (χ3n) is 6.63. The average molecular weight is 478 g/mol. The van der Waals surface area contributed by atoms with Gasteiger partial charge in [0.15, 0.2) is 5.65 Å². The molecule has 0 aliphatic heterocycles. The maximum Gasteiger partial charge on any atom is 0.257 e. The minimum Gasteiger partial charge on any atom is -0.384 e. The Morgan fingerprint density at radius 3 is 2.19 bits per heavy atom. The van der Waals surface area contributed by atoms with E-state index >= 15 is 0 Å². The first kappa shape index (κ1) is 23.5. The number of benzene rings is 3. The predicted molar refractivity (Wildman–Crippen MR) is 147 cm³/mol. The standard InChI is InChI=1S/C30H31N5O/c1-19(2)22-15-17-23(18-16-22)35-28(31)26(27-29(35)34-25-12-8-7-11-24(25)33-27)30(36)32-20(3)13-14-21-9-5-4-6-10-21/h4-12,15-20H,13-14,31H2,1-3H3,(H,32,36)/t20-/m0/s1. The zero-order valence-electron chi connectivity index (χ0n) is 20.9. The van der Waals surface area contributed by atoms with Gasteiger partial charge in [-0.2, -0.15) is 0 Å². The van der Waals surface area contributed by atoms with E-state index in [1.165, 1.54) is 11.1 Å². The van der Waals surface area contributed by atoms with Crippen molar-refractivity contribution in [1.29, 1.82) is 0 Å². The van der Waals surface area contributed by atoms with Crippen molar-refractivity contribution >= 4 is 33.9 Å². The quantitative estimate of drug-likeness (QED) is 0.300. The van der Waals surface area contributed by atoms with Crippen molar-refractivity contribution in [2.24, 2.45) is 0 Å². The number of amides is 1. The van der Waals surface area contributed by atoms with Gasteiger partial charge in [0.05, 0.1) is 11.0 Å². The zero-order valence-corrected chi connectivity index (χ0v) is 20.9. The number of nitrogens with two attached hydrogens (primary N) is 1. The molecule has 0 bridgehead atoms. The molecule has 0 spiro atoms. The Labute approximate surface area is 211 Å². The second-order valence-electron chi connectivity index (χ2n) is 9.63. The van der Waals surface area contributed by atoms with Crippen molar-refractivity contribution in [3.8, 4) is 5.69 Å². The van der Waals surface area contributed by atoms with Crippen molar-refractivity contribution < 1.29 is 4.79 Å². The molecule has 1 atom stereocenters. The van der Waals surface area contributed by atoms with E-state index in [2.05, 4.69) is 43.4 Å². The molecule has 0 saturated heterocycles. The minimum absolute atomic E-state index is 0.0331. The molecule has 2 heterocycles. The van der Waals surface area contributed by atoms with Crippen molar-refractivity contribution in [1.82, 2.24) is 19.9 Å². The van der Waals surface area contributed by atoms with E-state index in [0.717, 1.165) is 29.6 Å². The summed E-state index contributed by atoms with van der Waals surface area (Å²) in [7, 11) is 0. The Bertz CT molecular complexity index is 1520. The lowest BCUT2D eigenvalue weighted by atomic mass is 10.0. The van der Waals surface area contributed by atoms with Crippen LogP contribution in [0.5, 0.6) is 0 Å². The maximum absolute atomic E-state index is 13.6. The van der Waals surface area contributed by atoms with Gasteiger partial charge in [-0.1, -0.05) is 68.4 Å². The number of carbonyl (C=O) groups is 1. The first-order valence-electron chi connectivity index (χ1n) is 12.4. The van der Waals surface area contributed by atoms with Crippen LogP contribution in [0.25, 0.3) is 27.9 Å². The van der Waals surface area contributed by atoms with Gasteiger partial charge >= 0.3 is 0 Å². The van der Waals surface area contributed by atoms with E-state index in [9.17, 15) is 4.79 Å². The zero-order chi connectivity index (χ0) is 25.2. The summed E-state index contributed by atoms with van der Waals surface area (Å²) in [4.78, 5) is 23.3. The Morgan fingerprint density at radius 1 is 0.889 bits per heavy atom. The summed E-state index contributed by atoms with van der Waals surface area (Å²) in [5, 5.41) is 3.14. The monoisotopic (exact) mass is 477 g/mol. The van der Waals surface area contributed by atoms with Crippen molar-refractivity contribution in [2.45, 2.75) is 45.6 Å². The summed E-state index contributed by atoms with van der Waals surface area (Å²) in [6, 6.07) is 26.1. The number of aromatic nitrogens is 3. The maximum atomic E-state index is 13.6. The Morgan fingerprint density at radius 2 is 1.53 bits per heavy atom. The van der Waals surface area contributed by atoms with Gasteiger partial charge in [-0.3, -0.25) is 9.36 Å². The number of hydrogen-bond donors (Lipinski definition) is 2. The van der Waals surface area contributed by atoms with Gasteiger partial charge in [-0.05, 0) is 61.1 Å². The van der Waals surface area contributed by atoms with Crippen LogP contribution in [0.2, 0.25) is 0 Å². The molecule has 0 saturated carbocycles. The van der Waals surface area contributed by atoms with Gasteiger partial charge in [-0.25, -0.2) is 9.97 Å². The van der Waals surface area contributed by atoms with Gasteiger partial charge in [0.1, 0.15) is 16.9 Å². The fraction of sp³-hybridized carbons (Fsp3) is 0.233. The van der Waals surface area contributed by atoms with Crippen molar-refractivity contribution in [3.63, 3.8) is 0 Å². The second kappa shape index (κ2) is 9.82. The average Bonchev–Trinajstić information content (AvgIpc) is 3.17. The highest BCUT2D eigenvalue weighted by Crippen LogP contribution is 2.31. The smallest absolute Gasteiger partial charge is 0.257 e. The molecular formula is C30H31N5O. The van der Waals surface area contributed by atoms with Gasteiger partial charge in [0.25, 0.3) is 5.91 Å². The highest BCUT2D eigenvalue weighted by atomic mass is 16.1. The van der Waals surface area contributed by atoms with E-state index in [-0.39, 0.29) is 11.9 Å². The van der Waals surface area contributed by atoms with E-state index in [0.29, 0.717) is 28.5 Å². The Hall–Kier alpha value is -4.19. The molecule has 182 valence electrons. The number of nitrogens with one attached hydrogen (secondary N) is 1. The fourth-order valence-electron chi connectivity index (χ4n) is 4.55. The highest BCUT2D eigenvalue weighted by molar-refractivity contribution is 6.11. The number of rotatable bonds is 7. The lowest BCUT2D eigenvalue weighted by Gasteiger charge is -2.14. The number of nitrogens with zero attached hydrogens (tertiary/aromatic N) is 3. The van der Waals surface area contributed by atoms with Crippen LogP contribution >= 0.6 is 0 Å². The molecule has 5 aromatic rings. The van der Waals surface area contributed by atoms with Crippen LogP contribution in [-0.2, 0) is 6.42 Å². The first-order chi connectivity index (χ1) is 17.4. The summed E-state index contributed by atoms with van der Waals surface area (Å²) in [5.41, 5.74) is 12.9. The fourth-order valence-corrected chi connectivity index (χ4v) is 4.55. The number of carbonyl (C=O) groups excluding carboxylic acids is 1. The third kappa shape index (κ3) is 4.54. The summed E-state index contributed by atoms with van der Waals surface area (Å²) >= 11 is 0. The van der Waals surface area contributed by atoms with Crippen LogP contribution in [0, 0.1) is 0 Å². The Balaban J connectivity index is 1.54. The topological polar surface area (TPSA) is 85.8 Å². The molecule has 3 aromatic carbocycles. The van der Waals surface area contributed by atoms with Gasteiger partial charge in [0.2, 0.25) is 0 Å². The largest absolute Gasteiger partial charge is 0.384 e. The molecule has 6 nitrogen and oxygen atoms in total. The van der Waals surface area contributed by atoms with Gasteiger partial charge in [-0.15, -0.1) is 0 Å². The number of fused-ring (bicyclic) bond motifs is 2. The molecule has 0 unspecified atom stereocenters. The van der Waals surface area contributed by atoms with Crippen LogP contribution in [-0.4, -0.2) is 26.5 Å². The van der Waals surface area contributed by atoms with Crippen LogP contribution < -0.4 is 11.1 Å². The minimum atomic E-state index is -0.236. The summed E-state index contributed by atoms with van der Waals surface area (Å²) in [5.74, 6) is 0.519. The molecule has 5 rings (SSSR count). The molecule has 0 fully saturated rings. The summed E-state index contributed by atoms with van der Waals surface area (Å²) < 4.78 is 1.84. The molecule has 2 aromatic heterocycles.